The quantitative estimate of drug-likeness (QED) is 0.807. The summed E-state index contributed by atoms with van der Waals surface area (Å²) in [5.74, 6) is -2.24. The Labute approximate surface area is 139 Å². The van der Waals surface area contributed by atoms with Crippen LogP contribution >= 0.6 is 27.5 Å². The second-order valence-corrected chi connectivity index (χ2v) is 5.61. The van der Waals surface area contributed by atoms with Gasteiger partial charge in [0.1, 0.15) is 5.82 Å². The van der Waals surface area contributed by atoms with Crippen molar-refractivity contribution in [3.05, 3.63) is 63.3 Å². The van der Waals surface area contributed by atoms with Crippen LogP contribution in [0.15, 0.2) is 46.9 Å². The van der Waals surface area contributed by atoms with E-state index in [1.165, 1.54) is 6.07 Å². The summed E-state index contributed by atoms with van der Waals surface area (Å²) in [6.07, 6.45) is 0. The van der Waals surface area contributed by atoms with E-state index in [1.807, 2.05) is 0 Å². The summed E-state index contributed by atoms with van der Waals surface area (Å²) in [4.78, 5) is 23.4. The van der Waals surface area contributed by atoms with Crippen molar-refractivity contribution in [1.29, 1.82) is 0 Å². The number of anilines is 1. The first-order valence-electron chi connectivity index (χ1n) is 6.13. The fraction of sp³-hybridized carbons (Fsp3) is 0.0667. The van der Waals surface area contributed by atoms with E-state index in [0.29, 0.717) is 5.69 Å². The van der Waals surface area contributed by atoms with E-state index >= 15 is 0 Å². The second-order valence-electron chi connectivity index (χ2n) is 4.26. The molecule has 2 aromatic rings. The Bertz CT molecular complexity index is 706. The van der Waals surface area contributed by atoms with Crippen LogP contribution in [0, 0.1) is 5.82 Å². The van der Waals surface area contributed by atoms with Gasteiger partial charge in [-0.15, -0.1) is 0 Å². The summed E-state index contributed by atoms with van der Waals surface area (Å²) < 4.78 is 19.1. The lowest BCUT2D eigenvalue weighted by Gasteiger charge is -2.07. The lowest BCUT2D eigenvalue weighted by atomic mass is 10.2. The second kappa shape index (κ2) is 7.38. The van der Waals surface area contributed by atoms with Crippen molar-refractivity contribution in [1.82, 2.24) is 0 Å². The number of carbonyl (C=O) groups is 2. The first-order chi connectivity index (χ1) is 10.5. The predicted molar refractivity (Wildman–Crippen MR) is 84.5 cm³/mol. The molecule has 0 unspecified atom stereocenters. The minimum absolute atomic E-state index is 0.202. The highest BCUT2D eigenvalue weighted by Crippen LogP contribution is 2.16. The van der Waals surface area contributed by atoms with E-state index in [9.17, 15) is 14.0 Å². The van der Waals surface area contributed by atoms with Gasteiger partial charge in [-0.2, -0.15) is 0 Å². The molecule has 2 rings (SSSR count). The van der Waals surface area contributed by atoms with Crippen molar-refractivity contribution >= 4 is 45.1 Å². The highest BCUT2D eigenvalue weighted by atomic mass is 79.9. The molecule has 4 nitrogen and oxygen atoms in total. The van der Waals surface area contributed by atoms with Gasteiger partial charge in [0.2, 0.25) is 0 Å². The highest BCUT2D eigenvalue weighted by Gasteiger charge is 2.15. The van der Waals surface area contributed by atoms with Crippen molar-refractivity contribution in [2.75, 3.05) is 11.9 Å². The molecule has 1 N–H and O–H groups in total. The molecule has 0 fully saturated rings. The van der Waals surface area contributed by atoms with Gasteiger partial charge < -0.3 is 10.1 Å². The smallest absolute Gasteiger partial charge is 0.341 e. The van der Waals surface area contributed by atoms with Crippen molar-refractivity contribution in [2.45, 2.75) is 0 Å². The molecular weight excluding hydrogens is 377 g/mol. The zero-order valence-corrected chi connectivity index (χ0v) is 13.4. The van der Waals surface area contributed by atoms with Crippen LogP contribution < -0.4 is 5.32 Å². The largest absolute Gasteiger partial charge is 0.452 e. The number of nitrogens with one attached hydrogen (secondary N) is 1. The molecule has 2 aromatic carbocycles. The molecule has 7 heteroatoms. The molecular formula is C15H10BrClFNO3. The van der Waals surface area contributed by atoms with Crippen LogP contribution in [0.1, 0.15) is 10.4 Å². The predicted octanol–water partition coefficient (Wildman–Crippen LogP) is 4.04. The van der Waals surface area contributed by atoms with E-state index in [-0.39, 0.29) is 10.6 Å². The monoisotopic (exact) mass is 385 g/mol. The fourth-order valence-corrected chi connectivity index (χ4v) is 2.03. The Kier molecular flexibility index (Phi) is 5.51. The van der Waals surface area contributed by atoms with Crippen molar-refractivity contribution in [2.24, 2.45) is 0 Å². The van der Waals surface area contributed by atoms with Gasteiger partial charge in [-0.3, -0.25) is 4.79 Å². The van der Waals surface area contributed by atoms with Gasteiger partial charge in [-0.05, 0) is 42.5 Å². The average molecular weight is 387 g/mol. The average Bonchev–Trinajstić information content (AvgIpc) is 2.49. The van der Waals surface area contributed by atoms with Crippen LogP contribution in [-0.4, -0.2) is 18.5 Å². The minimum Gasteiger partial charge on any atom is -0.452 e. The molecule has 0 saturated heterocycles. The van der Waals surface area contributed by atoms with Gasteiger partial charge >= 0.3 is 5.97 Å². The molecule has 0 aliphatic carbocycles. The molecule has 0 aliphatic rings. The van der Waals surface area contributed by atoms with E-state index in [1.54, 1.807) is 24.3 Å². The van der Waals surface area contributed by atoms with E-state index in [0.717, 1.165) is 16.6 Å². The Balaban J connectivity index is 1.91. The Morgan fingerprint density at radius 2 is 1.86 bits per heavy atom. The van der Waals surface area contributed by atoms with Crippen LogP contribution in [-0.2, 0) is 9.53 Å². The Morgan fingerprint density at radius 3 is 2.55 bits per heavy atom. The minimum atomic E-state index is -0.953. The van der Waals surface area contributed by atoms with Crippen LogP contribution in [0.4, 0.5) is 10.1 Å². The lowest BCUT2D eigenvalue weighted by Crippen LogP contribution is -2.21. The number of hydrogen-bond donors (Lipinski definition) is 1. The fourth-order valence-electron chi connectivity index (χ4n) is 1.59. The summed E-state index contributed by atoms with van der Waals surface area (Å²) in [5, 5.41) is 2.75. The van der Waals surface area contributed by atoms with Crippen molar-refractivity contribution in [3.8, 4) is 0 Å². The van der Waals surface area contributed by atoms with Crippen molar-refractivity contribution < 1.29 is 18.7 Å². The first kappa shape index (κ1) is 16.5. The zero-order valence-electron chi connectivity index (χ0n) is 11.1. The van der Waals surface area contributed by atoms with Gasteiger partial charge in [0.25, 0.3) is 5.91 Å². The van der Waals surface area contributed by atoms with Gasteiger partial charge in [-0.25, -0.2) is 9.18 Å². The van der Waals surface area contributed by atoms with E-state index in [2.05, 4.69) is 21.2 Å². The number of carbonyl (C=O) groups excluding carboxylic acids is 2. The molecule has 0 saturated carbocycles. The van der Waals surface area contributed by atoms with E-state index < -0.39 is 24.3 Å². The maximum Gasteiger partial charge on any atom is 0.341 e. The van der Waals surface area contributed by atoms with Crippen LogP contribution in [0.3, 0.4) is 0 Å². The van der Waals surface area contributed by atoms with Gasteiger partial charge in [-0.1, -0.05) is 27.5 Å². The number of ether oxygens (including phenoxy) is 1. The summed E-state index contributed by atoms with van der Waals surface area (Å²) in [7, 11) is 0. The molecule has 0 radical (unpaired) electrons. The SMILES string of the molecule is O=C(COC(=O)c1cc(Cl)ccc1F)Nc1ccc(Br)cc1. The van der Waals surface area contributed by atoms with E-state index in [4.69, 9.17) is 16.3 Å². The normalized spacial score (nSPS) is 10.1. The van der Waals surface area contributed by atoms with Gasteiger partial charge in [0.15, 0.2) is 6.61 Å². The first-order valence-corrected chi connectivity index (χ1v) is 7.30. The third kappa shape index (κ3) is 4.54. The van der Waals surface area contributed by atoms with Crippen molar-refractivity contribution in [3.63, 3.8) is 0 Å². The van der Waals surface area contributed by atoms with Crippen LogP contribution in [0.25, 0.3) is 0 Å². The topological polar surface area (TPSA) is 55.4 Å². The number of halogens is 3. The third-order valence-electron chi connectivity index (χ3n) is 2.61. The Hall–Kier alpha value is -1.92. The number of esters is 1. The molecule has 0 spiro atoms. The molecule has 0 heterocycles. The summed E-state index contributed by atoms with van der Waals surface area (Å²) in [5.41, 5.74) is 0.238. The van der Waals surface area contributed by atoms with Crippen LogP contribution in [0.2, 0.25) is 5.02 Å². The summed E-state index contributed by atoms with van der Waals surface area (Å²) >= 11 is 8.96. The molecule has 0 bridgehead atoms. The molecule has 0 atom stereocenters. The lowest BCUT2D eigenvalue weighted by molar-refractivity contribution is -0.119. The Morgan fingerprint density at radius 1 is 1.18 bits per heavy atom. The maximum atomic E-state index is 13.5. The zero-order chi connectivity index (χ0) is 16.1. The number of amides is 1. The number of hydrogen-bond acceptors (Lipinski definition) is 3. The number of rotatable bonds is 4. The molecule has 0 aliphatic heterocycles. The summed E-state index contributed by atoms with van der Waals surface area (Å²) in [6.45, 7) is -0.527. The molecule has 1 amide bonds. The summed E-state index contributed by atoms with van der Waals surface area (Å²) in [6, 6.07) is 10.4. The van der Waals surface area contributed by atoms with Crippen LogP contribution in [0.5, 0.6) is 0 Å². The molecule has 22 heavy (non-hydrogen) atoms. The molecule has 0 aromatic heterocycles. The standard InChI is InChI=1S/C15H10BrClFNO3/c16-9-1-4-11(5-2-9)19-14(20)8-22-15(21)12-7-10(17)3-6-13(12)18/h1-7H,8H2,(H,19,20). The highest BCUT2D eigenvalue weighted by molar-refractivity contribution is 9.10. The van der Waals surface area contributed by atoms with Gasteiger partial charge in [0.05, 0.1) is 5.56 Å². The van der Waals surface area contributed by atoms with Gasteiger partial charge in [0, 0.05) is 15.2 Å². The number of benzene rings is 2. The molecule has 114 valence electrons. The third-order valence-corrected chi connectivity index (χ3v) is 3.37. The maximum absolute atomic E-state index is 13.5.